The first kappa shape index (κ1) is 13.5. The molecule has 1 aliphatic carbocycles. The van der Waals surface area contributed by atoms with Gasteiger partial charge >= 0.3 is 101 Å². The maximum absolute atomic E-state index is 3.97. The molecule has 0 aromatic carbocycles. The standard InChI is InChI=1S/C15H25B/c1-5-14(12(3)10-16)13(4)15-9-7-6-8-11(15)2/h5,10-11,13,15-16H,1,6-9H2,2-4H3/b14-12+. The van der Waals surface area contributed by atoms with Gasteiger partial charge in [-0.05, 0) is 0 Å². The van der Waals surface area contributed by atoms with Crippen molar-refractivity contribution in [3.8, 4) is 0 Å². The Balaban J connectivity index is 2.85. The molecule has 1 heteroatoms. The minimum absolute atomic E-state index is 0.630. The second-order valence-electron chi connectivity index (χ2n) is 5.26. The Hall–Kier alpha value is -0.585. The number of hydrogen-bond donors (Lipinski definition) is 0. The average Bonchev–Trinajstić information content (AvgIpc) is 2.30. The first-order chi connectivity index (χ1) is 7.61. The zero-order chi connectivity index (χ0) is 12.1. The van der Waals surface area contributed by atoms with Crippen molar-refractivity contribution in [3.05, 3.63) is 23.8 Å². The fourth-order valence-electron chi connectivity index (χ4n) is 3.14. The van der Waals surface area contributed by atoms with Gasteiger partial charge in [-0.3, -0.25) is 0 Å². The summed E-state index contributed by atoms with van der Waals surface area (Å²) in [5.74, 6) is 4.28. The minimum atomic E-state index is 0.630. The van der Waals surface area contributed by atoms with Crippen LogP contribution in [0.25, 0.3) is 0 Å². The van der Waals surface area contributed by atoms with Gasteiger partial charge in [0.15, 0.2) is 0 Å². The fraction of sp³-hybridized carbons (Fsp3) is 0.667. The fourth-order valence-corrected chi connectivity index (χ4v) is 3.14. The summed E-state index contributed by atoms with van der Waals surface area (Å²) in [5, 5.41) is 0. The van der Waals surface area contributed by atoms with E-state index in [1.165, 1.54) is 36.8 Å². The van der Waals surface area contributed by atoms with Gasteiger partial charge in [0, 0.05) is 0 Å². The van der Waals surface area contributed by atoms with Crippen molar-refractivity contribution in [1.29, 1.82) is 0 Å². The Morgan fingerprint density at radius 2 is 2.00 bits per heavy atom. The van der Waals surface area contributed by atoms with Crippen molar-refractivity contribution in [2.24, 2.45) is 17.8 Å². The molecule has 0 aromatic rings. The Morgan fingerprint density at radius 1 is 1.38 bits per heavy atom. The second-order valence-corrected chi connectivity index (χ2v) is 5.26. The predicted molar refractivity (Wildman–Crippen MR) is 76.4 cm³/mol. The van der Waals surface area contributed by atoms with Crippen LogP contribution in [0.5, 0.6) is 0 Å². The monoisotopic (exact) mass is 216 g/mol. The number of allylic oxidation sites excluding steroid dienone is 3. The number of hydrogen-bond acceptors (Lipinski definition) is 0. The van der Waals surface area contributed by atoms with Gasteiger partial charge in [0.25, 0.3) is 0 Å². The summed E-state index contributed by atoms with van der Waals surface area (Å²) in [6.07, 6.45) is 7.62. The molecule has 3 unspecified atom stereocenters. The van der Waals surface area contributed by atoms with Gasteiger partial charge in [-0.2, -0.15) is 0 Å². The van der Waals surface area contributed by atoms with Crippen LogP contribution in [0.3, 0.4) is 0 Å². The molecule has 3 atom stereocenters. The van der Waals surface area contributed by atoms with Crippen LogP contribution in [0.2, 0.25) is 0 Å². The average molecular weight is 216 g/mol. The van der Waals surface area contributed by atoms with Gasteiger partial charge in [-0.1, -0.05) is 0 Å². The van der Waals surface area contributed by atoms with E-state index in [1.807, 2.05) is 12.0 Å². The van der Waals surface area contributed by atoms with E-state index in [0.29, 0.717) is 5.92 Å². The summed E-state index contributed by atoms with van der Waals surface area (Å²) in [4.78, 5) is 0. The molecule has 88 valence electrons. The van der Waals surface area contributed by atoms with E-state index in [9.17, 15) is 0 Å². The van der Waals surface area contributed by atoms with Crippen LogP contribution in [0.4, 0.5) is 0 Å². The van der Waals surface area contributed by atoms with E-state index in [1.54, 1.807) is 0 Å². The molecular weight excluding hydrogens is 191 g/mol. The summed E-state index contributed by atoms with van der Waals surface area (Å²) in [7, 11) is 3.87. The molecule has 0 saturated heterocycles. The first-order valence-corrected chi connectivity index (χ1v) is 6.57. The van der Waals surface area contributed by atoms with Crippen molar-refractivity contribution in [1.82, 2.24) is 0 Å². The molecule has 0 radical (unpaired) electrons. The quantitative estimate of drug-likeness (QED) is 0.497. The summed E-state index contributed by atoms with van der Waals surface area (Å²) >= 11 is 0. The van der Waals surface area contributed by atoms with Gasteiger partial charge in [-0.15, -0.1) is 0 Å². The van der Waals surface area contributed by atoms with Crippen molar-refractivity contribution >= 4 is 13.5 Å². The van der Waals surface area contributed by atoms with Crippen molar-refractivity contribution in [3.63, 3.8) is 0 Å². The first-order valence-electron chi connectivity index (χ1n) is 6.57. The number of rotatable bonds is 4. The third kappa shape index (κ3) is 2.96. The van der Waals surface area contributed by atoms with Crippen LogP contribution < -0.4 is 0 Å². The zero-order valence-electron chi connectivity index (χ0n) is 11.1. The van der Waals surface area contributed by atoms with Gasteiger partial charge < -0.3 is 0 Å². The summed E-state index contributed by atoms with van der Waals surface area (Å²) in [5.41, 5.74) is 2.69. The maximum atomic E-state index is 3.97. The molecule has 1 fully saturated rings. The van der Waals surface area contributed by atoms with Gasteiger partial charge in [-0.25, -0.2) is 0 Å². The molecule has 16 heavy (non-hydrogen) atoms. The van der Waals surface area contributed by atoms with Crippen LogP contribution >= 0.6 is 0 Å². The molecule has 1 rings (SSSR count). The molecule has 0 N–H and O–H groups in total. The van der Waals surface area contributed by atoms with Crippen LogP contribution in [0.15, 0.2) is 23.8 Å². The van der Waals surface area contributed by atoms with Crippen molar-refractivity contribution in [2.45, 2.75) is 46.5 Å². The van der Waals surface area contributed by atoms with Gasteiger partial charge in [0.2, 0.25) is 0 Å². The summed E-state index contributed by atoms with van der Waals surface area (Å²) < 4.78 is 0. The SMILES string of the molecule is B=C/C(C)=C(\C=C)C(C)C1CCCCC1C. The second kappa shape index (κ2) is 6.22. The molecular formula is C15H25B. The van der Waals surface area contributed by atoms with E-state index >= 15 is 0 Å². The molecule has 0 heterocycles. The normalized spacial score (nSPS) is 29.1. The molecule has 1 aliphatic rings. The molecule has 0 aromatic heterocycles. The van der Waals surface area contributed by atoms with E-state index in [0.717, 1.165) is 11.8 Å². The van der Waals surface area contributed by atoms with E-state index < -0.39 is 0 Å². The van der Waals surface area contributed by atoms with Crippen molar-refractivity contribution < 1.29 is 0 Å². The Labute approximate surface area is 102 Å². The van der Waals surface area contributed by atoms with E-state index in [-0.39, 0.29) is 0 Å². The zero-order valence-corrected chi connectivity index (χ0v) is 11.1. The van der Waals surface area contributed by atoms with Gasteiger partial charge in [0.05, 0.1) is 0 Å². The van der Waals surface area contributed by atoms with Crippen LogP contribution in [-0.4, -0.2) is 13.5 Å². The molecule has 0 aliphatic heterocycles. The van der Waals surface area contributed by atoms with Crippen LogP contribution in [0.1, 0.15) is 46.5 Å². The molecule has 0 nitrogen and oxygen atoms in total. The molecule has 0 spiro atoms. The topological polar surface area (TPSA) is 0 Å². The van der Waals surface area contributed by atoms with Gasteiger partial charge in [0.1, 0.15) is 0 Å². The third-order valence-electron chi connectivity index (χ3n) is 4.29. The van der Waals surface area contributed by atoms with Crippen molar-refractivity contribution in [2.75, 3.05) is 0 Å². The summed E-state index contributed by atoms with van der Waals surface area (Å²) in [6.45, 7) is 10.9. The van der Waals surface area contributed by atoms with E-state index in [2.05, 4.69) is 34.8 Å². The predicted octanol–water partition coefficient (Wildman–Crippen LogP) is 3.65. The van der Waals surface area contributed by atoms with E-state index in [4.69, 9.17) is 0 Å². The molecule has 0 amide bonds. The summed E-state index contributed by atoms with van der Waals surface area (Å²) in [6, 6.07) is 0. The molecule has 1 saturated carbocycles. The van der Waals surface area contributed by atoms with Crippen LogP contribution in [-0.2, 0) is 0 Å². The Bertz CT molecular complexity index is 288. The molecule has 0 bridgehead atoms. The third-order valence-corrected chi connectivity index (χ3v) is 4.29. The van der Waals surface area contributed by atoms with Crippen LogP contribution in [0, 0.1) is 17.8 Å². The Kier molecular flexibility index (Phi) is 5.24. The Morgan fingerprint density at radius 3 is 2.50 bits per heavy atom.